The van der Waals surface area contributed by atoms with Gasteiger partial charge in [0, 0.05) is 25.2 Å². The summed E-state index contributed by atoms with van der Waals surface area (Å²) >= 11 is 0. The zero-order valence-electron chi connectivity index (χ0n) is 19.1. The lowest BCUT2D eigenvalue weighted by Crippen LogP contribution is -2.59. The molecule has 2 saturated heterocycles. The lowest BCUT2D eigenvalue weighted by atomic mass is 10.0. The van der Waals surface area contributed by atoms with Gasteiger partial charge < -0.3 is 36.0 Å². The molecule has 0 spiro atoms. The predicted octanol–water partition coefficient (Wildman–Crippen LogP) is 0.720. The number of nitrogens with zero attached hydrogens (tertiary/aromatic N) is 2. The number of alkyl halides is 3. The lowest BCUT2D eigenvalue weighted by molar-refractivity contribution is -0.174. The fourth-order valence-corrected chi connectivity index (χ4v) is 4.14. The number of likely N-dealkylation sites (tertiary alicyclic amines) is 1. The van der Waals surface area contributed by atoms with Gasteiger partial charge in [-0.2, -0.15) is 13.2 Å². The first kappa shape index (κ1) is 26.7. The van der Waals surface area contributed by atoms with Gasteiger partial charge >= 0.3 is 18.1 Å². The Labute approximate surface area is 200 Å². The Morgan fingerprint density at radius 1 is 1.11 bits per heavy atom. The van der Waals surface area contributed by atoms with Crippen LogP contribution >= 0.6 is 0 Å². The maximum Gasteiger partial charge on any atom is 0.471 e. The number of nitrogens with two attached hydrogens (primary N) is 1. The van der Waals surface area contributed by atoms with E-state index >= 15 is 0 Å². The molecule has 2 fully saturated rings. The number of ether oxygens (including phenoxy) is 1. The Hall–Kier alpha value is -2.90. The van der Waals surface area contributed by atoms with E-state index in [4.69, 9.17) is 10.5 Å². The van der Waals surface area contributed by atoms with Gasteiger partial charge in [0.15, 0.2) is 0 Å². The van der Waals surface area contributed by atoms with E-state index in [-0.39, 0.29) is 43.0 Å². The van der Waals surface area contributed by atoms with E-state index in [9.17, 15) is 32.7 Å². The van der Waals surface area contributed by atoms with Crippen LogP contribution in [0.3, 0.4) is 0 Å². The molecule has 2 aliphatic heterocycles. The summed E-state index contributed by atoms with van der Waals surface area (Å²) in [6, 6.07) is 4.65. The molecular weight excluding hydrogens is 471 g/mol. The number of urea groups is 1. The molecule has 10 nitrogen and oxygen atoms in total. The number of hydrogen-bond donors (Lipinski definition) is 4. The minimum absolute atomic E-state index is 0.100. The van der Waals surface area contributed by atoms with Gasteiger partial charge in [-0.1, -0.05) is 12.1 Å². The van der Waals surface area contributed by atoms with Crippen molar-refractivity contribution in [2.45, 2.75) is 43.7 Å². The second-order valence-electron chi connectivity index (χ2n) is 8.51. The van der Waals surface area contributed by atoms with Gasteiger partial charge in [-0.3, -0.25) is 9.59 Å². The van der Waals surface area contributed by atoms with Crippen LogP contribution in [0.1, 0.15) is 41.3 Å². The minimum atomic E-state index is -5.05. The summed E-state index contributed by atoms with van der Waals surface area (Å²) < 4.78 is 42.7. The molecule has 35 heavy (non-hydrogen) atoms. The van der Waals surface area contributed by atoms with Gasteiger partial charge in [-0.05, 0) is 37.0 Å². The highest BCUT2D eigenvalue weighted by Crippen LogP contribution is 2.21. The third-order valence-electron chi connectivity index (χ3n) is 6.13. The SMILES string of the molecule is NC(NC(=O)C(F)(F)F)c1ccc(C(=O)NCC2COCCN2C(=O)N2CCCCC2CO)cc1. The Morgan fingerprint density at radius 3 is 2.46 bits per heavy atom. The predicted molar refractivity (Wildman–Crippen MR) is 118 cm³/mol. The molecule has 0 radical (unpaired) electrons. The first-order valence-electron chi connectivity index (χ1n) is 11.4. The molecule has 2 heterocycles. The van der Waals surface area contributed by atoms with E-state index in [1.807, 2.05) is 0 Å². The Balaban J connectivity index is 1.57. The van der Waals surface area contributed by atoms with Crippen LogP contribution < -0.4 is 16.4 Å². The second kappa shape index (κ2) is 11.7. The largest absolute Gasteiger partial charge is 0.471 e. The van der Waals surface area contributed by atoms with Gasteiger partial charge in [0.2, 0.25) is 0 Å². The van der Waals surface area contributed by atoms with E-state index in [1.165, 1.54) is 24.3 Å². The number of piperidine rings is 1. The Kier molecular flexibility index (Phi) is 8.92. The molecule has 2 aliphatic rings. The van der Waals surface area contributed by atoms with Crippen LogP contribution in [0.25, 0.3) is 0 Å². The monoisotopic (exact) mass is 501 g/mol. The molecule has 1 aromatic rings. The van der Waals surface area contributed by atoms with E-state index in [2.05, 4.69) is 5.32 Å². The van der Waals surface area contributed by atoms with Crippen molar-refractivity contribution in [3.63, 3.8) is 0 Å². The number of nitrogens with one attached hydrogen (secondary N) is 2. The molecule has 0 bridgehead atoms. The highest BCUT2D eigenvalue weighted by atomic mass is 19.4. The molecule has 3 atom stereocenters. The second-order valence-corrected chi connectivity index (χ2v) is 8.51. The molecule has 1 aromatic carbocycles. The standard InChI is InChI=1S/C22H30F3N5O5/c23-22(24,25)20(33)28-18(26)14-4-6-15(7-5-14)19(32)27-11-17-13-35-10-9-30(17)21(34)29-8-2-1-3-16(29)12-31/h4-7,16-18,31H,1-3,8-13,26H2,(H,27,32)(H,28,33). The number of amides is 4. The van der Waals surface area contributed by atoms with Crippen LogP contribution in [0.2, 0.25) is 0 Å². The van der Waals surface area contributed by atoms with Crippen LogP contribution in [-0.2, 0) is 9.53 Å². The number of aliphatic hydroxyl groups excluding tert-OH is 1. The molecule has 0 aliphatic carbocycles. The van der Waals surface area contributed by atoms with E-state index in [0.717, 1.165) is 19.3 Å². The average molecular weight is 502 g/mol. The molecule has 5 N–H and O–H groups in total. The maximum atomic E-state index is 13.1. The number of hydrogen-bond acceptors (Lipinski definition) is 6. The summed E-state index contributed by atoms with van der Waals surface area (Å²) in [5, 5.41) is 14.0. The average Bonchev–Trinajstić information content (AvgIpc) is 2.86. The third-order valence-corrected chi connectivity index (χ3v) is 6.13. The molecule has 3 unspecified atom stereocenters. The van der Waals surface area contributed by atoms with Crippen molar-refractivity contribution in [3.8, 4) is 0 Å². The number of carbonyl (C=O) groups excluding carboxylic acids is 3. The topological polar surface area (TPSA) is 137 Å². The highest BCUT2D eigenvalue weighted by Gasteiger charge is 2.39. The number of halogens is 3. The highest BCUT2D eigenvalue weighted by molar-refractivity contribution is 5.94. The summed E-state index contributed by atoms with van der Waals surface area (Å²) in [5.41, 5.74) is 6.02. The first-order valence-corrected chi connectivity index (χ1v) is 11.4. The van der Waals surface area contributed by atoms with Gasteiger partial charge in [-0.15, -0.1) is 0 Å². The van der Waals surface area contributed by atoms with Crippen LogP contribution in [0.15, 0.2) is 24.3 Å². The summed E-state index contributed by atoms with van der Waals surface area (Å²) in [7, 11) is 0. The number of aliphatic hydroxyl groups is 1. The van der Waals surface area contributed by atoms with Crippen molar-refractivity contribution in [3.05, 3.63) is 35.4 Å². The Morgan fingerprint density at radius 2 is 1.80 bits per heavy atom. The zero-order valence-corrected chi connectivity index (χ0v) is 19.1. The summed E-state index contributed by atoms with van der Waals surface area (Å²) in [5.74, 6) is -2.61. The molecule has 0 aromatic heterocycles. The quantitative estimate of drug-likeness (QED) is 0.424. The molecule has 3 rings (SSSR count). The van der Waals surface area contributed by atoms with Gasteiger partial charge in [0.05, 0.1) is 31.9 Å². The van der Waals surface area contributed by atoms with Crippen LogP contribution in [-0.4, -0.2) is 90.5 Å². The Bertz CT molecular complexity index is 898. The van der Waals surface area contributed by atoms with Crippen molar-refractivity contribution in [1.29, 1.82) is 0 Å². The fraction of sp³-hybridized carbons (Fsp3) is 0.591. The van der Waals surface area contributed by atoms with Crippen molar-refractivity contribution >= 4 is 17.8 Å². The smallest absolute Gasteiger partial charge is 0.394 e. The minimum Gasteiger partial charge on any atom is -0.394 e. The summed E-state index contributed by atoms with van der Waals surface area (Å²) in [4.78, 5) is 40.1. The number of benzene rings is 1. The fourth-order valence-electron chi connectivity index (χ4n) is 4.14. The van der Waals surface area contributed by atoms with Crippen LogP contribution in [0, 0.1) is 0 Å². The van der Waals surface area contributed by atoms with Crippen LogP contribution in [0.5, 0.6) is 0 Å². The van der Waals surface area contributed by atoms with Crippen molar-refractivity contribution in [1.82, 2.24) is 20.4 Å². The summed E-state index contributed by atoms with van der Waals surface area (Å²) in [6.07, 6.45) is -3.88. The molecular formula is C22H30F3N5O5. The number of rotatable bonds is 6. The lowest BCUT2D eigenvalue weighted by Gasteiger charge is -2.42. The van der Waals surface area contributed by atoms with Gasteiger partial charge in [-0.25, -0.2) is 4.79 Å². The summed E-state index contributed by atoms with van der Waals surface area (Å²) in [6.45, 7) is 1.58. The van der Waals surface area contributed by atoms with E-state index in [1.54, 1.807) is 15.1 Å². The zero-order chi connectivity index (χ0) is 25.6. The molecule has 4 amide bonds. The van der Waals surface area contributed by atoms with Crippen molar-refractivity contribution in [2.24, 2.45) is 5.73 Å². The van der Waals surface area contributed by atoms with E-state index < -0.39 is 30.2 Å². The molecule has 0 saturated carbocycles. The maximum absolute atomic E-state index is 13.1. The van der Waals surface area contributed by atoms with Crippen molar-refractivity contribution < 1.29 is 37.4 Å². The van der Waals surface area contributed by atoms with Crippen molar-refractivity contribution in [2.75, 3.05) is 39.5 Å². The first-order chi connectivity index (χ1) is 16.6. The van der Waals surface area contributed by atoms with Gasteiger partial charge in [0.1, 0.15) is 6.17 Å². The normalized spacial score (nSPS) is 21.9. The van der Waals surface area contributed by atoms with E-state index in [0.29, 0.717) is 19.7 Å². The number of morpholine rings is 1. The van der Waals surface area contributed by atoms with Gasteiger partial charge in [0.25, 0.3) is 5.91 Å². The molecule has 13 heteroatoms. The molecule has 194 valence electrons. The number of carbonyl (C=O) groups is 3. The third kappa shape index (κ3) is 6.83. The van der Waals surface area contributed by atoms with Crippen LogP contribution in [0.4, 0.5) is 18.0 Å².